The SMILES string of the molecule is COC1=CC(=O)C(/C=C\c2cc(C)c(OC)c(OC)c2)=CC1=O. The lowest BCUT2D eigenvalue weighted by Crippen LogP contribution is -2.13. The van der Waals surface area contributed by atoms with Crippen LogP contribution in [-0.4, -0.2) is 32.9 Å². The molecule has 0 aromatic heterocycles. The zero-order valence-corrected chi connectivity index (χ0v) is 13.5. The molecule has 0 saturated heterocycles. The van der Waals surface area contributed by atoms with Crippen LogP contribution in [0, 0.1) is 6.92 Å². The van der Waals surface area contributed by atoms with Gasteiger partial charge in [0, 0.05) is 17.7 Å². The maximum Gasteiger partial charge on any atom is 0.221 e. The van der Waals surface area contributed by atoms with Crippen molar-refractivity contribution in [1.29, 1.82) is 0 Å². The zero-order valence-electron chi connectivity index (χ0n) is 13.5. The van der Waals surface area contributed by atoms with Gasteiger partial charge in [0.15, 0.2) is 23.0 Å². The summed E-state index contributed by atoms with van der Waals surface area (Å²) in [5, 5.41) is 0. The predicted octanol–water partition coefficient (Wildman–Crippen LogP) is 2.63. The molecule has 0 bridgehead atoms. The second-order valence-electron chi connectivity index (χ2n) is 4.95. The molecule has 0 amide bonds. The molecule has 5 nitrogen and oxygen atoms in total. The van der Waals surface area contributed by atoms with E-state index in [4.69, 9.17) is 14.2 Å². The van der Waals surface area contributed by atoms with Crippen LogP contribution in [0.1, 0.15) is 11.1 Å². The van der Waals surface area contributed by atoms with E-state index in [0.29, 0.717) is 17.1 Å². The Labute approximate surface area is 134 Å². The summed E-state index contributed by atoms with van der Waals surface area (Å²) in [5.41, 5.74) is 2.05. The van der Waals surface area contributed by atoms with E-state index in [2.05, 4.69) is 0 Å². The molecule has 1 aliphatic carbocycles. The van der Waals surface area contributed by atoms with E-state index in [1.54, 1.807) is 32.4 Å². The molecule has 1 aromatic rings. The molecule has 1 aliphatic rings. The van der Waals surface area contributed by atoms with E-state index in [0.717, 1.165) is 11.1 Å². The molecule has 0 atom stereocenters. The van der Waals surface area contributed by atoms with Gasteiger partial charge in [0.2, 0.25) is 5.78 Å². The van der Waals surface area contributed by atoms with Crippen LogP contribution in [0.2, 0.25) is 0 Å². The van der Waals surface area contributed by atoms with Gasteiger partial charge in [-0.15, -0.1) is 0 Å². The number of carbonyl (C=O) groups excluding carboxylic acids is 2. The van der Waals surface area contributed by atoms with Gasteiger partial charge in [0.05, 0.1) is 21.3 Å². The van der Waals surface area contributed by atoms with Gasteiger partial charge in [-0.2, -0.15) is 0 Å². The number of carbonyl (C=O) groups is 2. The van der Waals surface area contributed by atoms with Crippen LogP contribution in [0.4, 0.5) is 0 Å². The Balaban J connectivity index is 2.29. The summed E-state index contributed by atoms with van der Waals surface area (Å²) in [7, 11) is 4.50. The Hall–Kier alpha value is -2.82. The number of rotatable bonds is 5. The van der Waals surface area contributed by atoms with Gasteiger partial charge in [-0.1, -0.05) is 12.2 Å². The lowest BCUT2D eigenvalue weighted by Gasteiger charge is -2.11. The molecule has 120 valence electrons. The first kappa shape index (κ1) is 16.5. The van der Waals surface area contributed by atoms with Gasteiger partial charge in [0.1, 0.15) is 0 Å². The fourth-order valence-corrected chi connectivity index (χ4v) is 2.31. The number of ketones is 2. The van der Waals surface area contributed by atoms with Gasteiger partial charge < -0.3 is 14.2 Å². The first-order valence-electron chi connectivity index (χ1n) is 6.97. The van der Waals surface area contributed by atoms with Gasteiger partial charge >= 0.3 is 0 Å². The molecule has 0 spiro atoms. The summed E-state index contributed by atoms with van der Waals surface area (Å²) >= 11 is 0. The van der Waals surface area contributed by atoms with Crippen molar-refractivity contribution in [3.05, 3.63) is 52.8 Å². The van der Waals surface area contributed by atoms with Crippen LogP contribution in [0.5, 0.6) is 11.5 Å². The van der Waals surface area contributed by atoms with E-state index in [1.807, 2.05) is 13.0 Å². The average molecular weight is 314 g/mol. The summed E-state index contributed by atoms with van der Waals surface area (Å²) in [5.74, 6) is 0.730. The highest BCUT2D eigenvalue weighted by atomic mass is 16.5. The first-order chi connectivity index (χ1) is 11.0. The van der Waals surface area contributed by atoms with Crippen molar-refractivity contribution in [2.24, 2.45) is 0 Å². The Kier molecular flexibility index (Phi) is 5.01. The largest absolute Gasteiger partial charge is 0.493 e. The quantitative estimate of drug-likeness (QED) is 0.782. The van der Waals surface area contributed by atoms with Crippen molar-refractivity contribution in [2.45, 2.75) is 6.92 Å². The fraction of sp³-hybridized carbons (Fsp3) is 0.222. The van der Waals surface area contributed by atoms with Gasteiger partial charge in [-0.25, -0.2) is 0 Å². The summed E-state index contributed by atoms with van der Waals surface area (Å²) in [4.78, 5) is 23.7. The minimum absolute atomic E-state index is 0.0501. The number of allylic oxidation sites excluding steroid dienone is 4. The molecule has 0 N–H and O–H groups in total. The number of hydrogen-bond donors (Lipinski definition) is 0. The van der Waals surface area contributed by atoms with Crippen LogP contribution < -0.4 is 9.47 Å². The Bertz CT molecular complexity index is 738. The third-order valence-electron chi connectivity index (χ3n) is 3.44. The molecule has 0 fully saturated rings. The predicted molar refractivity (Wildman–Crippen MR) is 86.5 cm³/mol. The summed E-state index contributed by atoms with van der Waals surface area (Å²) in [6.45, 7) is 1.90. The molecular formula is C18H18O5. The second-order valence-corrected chi connectivity index (χ2v) is 4.95. The molecule has 0 heterocycles. The molecule has 2 rings (SSSR count). The highest BCUT2D eigenvalue weighted by Crippen LogP contribution is 2.32. The third-order valence-corrected chi connectivity index (χ3v) is 3.44. The number of aryl methyl sites for hydroxylation is 1. The fourth-order valence-electron chi connectivity index (χ4n) is 2.31. The van der Waals surface area contributed by atoms with Crippen molar-refractivity contribution >= 4 is 17.6 Å². The van der Waals surface area contributed by atoms with Gasteiger partial charge in [0.25, 0.3) is 0 Å². The summed E-state index contributed by atoms with van der Waals surface area (Å²) in [6.07, 6.45) is 5.81. The molecule has 23 heavy (non-hydrogen) atoms. The number of methoxy groups -OCH3 is 3. The van der Waals surface area contributed by atoms with Crippen LogP contribution in [0.15, 0.2) is 41.7 Å². The van der Waals surface area contributed by atoms with E-state index in [9.17, 15) is 9.59 Å². The monoisotopic (exact) mass is 314 g/mol. The van der Waals surface area contributed by atoms with Crippen molar-refractivity contribution < 1.29 is 23.8 Å². The van der Waals surface area contributed by atoms with Crippen molar-refractivity contribution in [2.75, 3.05) is 21.3 Å². The molecule has 5 heteroatoms. The molecule has 0 aliphatic heterocycles. The van der Waals surface area contributed by atoms with E-state index in [-0.39, 0.29) is 17.3 Å². The summed E-state index contributed by atoms with van der Waals surface area (Å²) < 4.78 is 15.4. The van der Waals surface area contributed by atoms with Crippen molar-refractivity contribution in [3.63, 3.8) is 0 Å². The normalized spacial score (nSPS) is 14.6. The van der Waals surface area contributed by atoms with Gasteiger partial charge in [-0.3, -0.25) is 9.59 Å². The van der Waals surface area contributed by atoms with Crippen LogP contribution in [0.3, 0.4) is 0 Å². The molecule has 1 aromatic carbocycles. The van der Waals surface area contributed by atoms with Gasteiger partial charge in [-0.05, 0) is 30.2 Å². The van der Waals surface area contributed by atoms with Crippen molar-refractivity contribution in [1.82, 2.24) is 0 Å². The minimum Gasteiger partial charge on any atom is -0.493 e. The minimum atomic E-state index is -0.324. The number of ether oxygens (including phenoxy) is 3. The van der Waals surface area contributed by atoms with Crippen molar-refractivity contribution in [3.8, 4) is 11.5 Å². The standard InChI is InChI=1S/C18H18O5/c1-11-7-12(8-17(22-3)18(11)23-4)5-6-13-9-15(20)16(21-2)10-14(13)19/h5-10H,1-4H3/b6-5-. The molecule has 0 unspecified atom stereocenters. The summed E-state index contributed by atoms with van der Waals surface area (Å²) in [6, 6.07) is 3.71. The first-order valence-corrected chi connectivity index (χ1v) is 6.97. The molecule has 0 radical (unpaired) electrons. The third kappa shape index (κ3) is 3.51. The Morgan fingerprint density at radius 1 is 0.870 bits per heavy atom. The zero-order chi connectivity index (χ0) is 17.0. The highest BCUT2D eigenvalue weighted by molar-refractivity contribution is 6.20. The second kappa shape index (κ2) is 6.96. The maximum atomic E-state index is 11.9. The lowest BCUT2D eigenvalue weighted by molar-refractivity contribution is -0.117. The average Bonchev–Trinajstić information content (AvgIpc) is 2.54. The Morgan fingerprint density at radius 2 is 1.61 bits per heavy atom. The number of hydrogen-bond acceptors (Lipinski definition) is 5. The van der Waals surface area contributed by atoms with Crippen LogP contribution in [-0.2, 0) is 14.3 Å². The smallest absolute Gasteiger partial charge is 0.221 e. The number of benzene rings is 1. The van der Waals surface area contributed by atoms with Crippen LogP contribution in [0.25, 0.3) is 6.08 Å². The molecule has 0 saturated carbocycles. The molecular weight excluding hydrogens is 296 g/mol. The lowest BCUT2D eigenvalue weighted by atomic mass is 10.0. The Morgan fingerprint density at radius 3 is 2.22 bits per heavy atom. The van der Waals surface area contributed by atoms with E-state index >= 15 is 0 Å². The van der Waals surface area contributed by atoms with E-state index < -0.39 is 0 Å². The highest BCUT2D eigenvalue weighted by Gasteiger charge is 2.19. The van der Waals surface area contributed by atoms with Crippen LogP contribution >= 0.6 is 0 Å². The topological polar surface area (TPSA) is 61.8 Å². The maximum absolute atomic E-state index is 11.9. The van der Waals surface area contributed by atoms with E-state index in [1.165, 1.54) is 19.3 Å².